The van der Waals surface area contributed by atoms with Crippen molar-refractivity contribution in [3.63, 3.8) is 0 Å². The minimum atomic E-state index is -0.675. The van der Waals surface area contributed by atoms with E-state index in [1.165, 1.54) is 20.8 Å². The van der Waals surface area contributed by atoms with Crippen molar-refractivity contribution >= 4 is 17.9 Å². The first-order valence-corrected chi connectivity index (χ1v) is 11.7. The number of esters is 3. The molecule has 7 heteroatoms. The largest absolute Gasteiger partial charge is 0.463 e. The lowest BCUT2D eigenvalue weighted by Gasteiger charge is -2.60. The summed E-state index contributed by atoms with van der Waals surface area (Å²) >= 11 is 0. The highest BCUT2D eigenvalue weighted by atomic mass is 16.6. The van der Waals surface area contributed by atoms with E-state index >= 15 is 0 Å². The molecule has 1 saturated carbocycles. The van der Waals surface area contributed by atoms with Crippen molar-refractivity contribution < 1.29 is 33.7 Å². The number of rotatable bonds is 7. The summed E-state index contributed by atoms with van der Waals surface area (Å²) in [7, 11) is 0. The van der Waals surface area contributed by atoms with Gasteiger partial charge in [-0.05, 0) is 55.9 Å². The maximum atomic E-state index is 12.1. The molecular weight excluding hydrogens is 424 g/mol. The molecular formula is C26H40O7. The summed E-state index contributed by atoms with van der Waals surface area (Å²) in [5.41, 5.74) is 2.27. The molecule has 0 aromatic heterocycles. The average Bonchev–Trinajstić information content (AvgIpc) is 2.62. The Morgan fingerprint density at radius 1 is 0.970 bits per heavy atom. The molecule has 1 fully saturated rings. The molecule has 33 heavy (non-hydrogen) atoms. The van der Waals surface area contributed by atoms with E-state index in [2.05, 4.69) is 20.8 Å². The van der Waals surface area contributed by atoms with Crippen molar-refractivity contribution in [1.29, 1.82) is 0 Å². The number of carbonyl (C=O) groups excluding carboxylic acids is 3. The Balaban J connectivity index is 2.68. The van der Waals surface area contributed by atoms with E-state index in [1.807, 2.05) is 13.8 Å². The van der Waals surface area contributed by atoms with Gasteiger partial charge in [-0.3, -0.25) is 14.4 Å². The normalized spacial score (nSPS) is 31.5. The van der Waals surface area contributed by atoms with Gasteiger partial charge in [0, 0.05) is 26.7 Å². The lowest BCUT2D eigenvalue weighted by atomic mass is 9.47. The van der Waals surface area contributed by atoms with Gasteiger partial charge in [-0.1, -0.05) is 38.0 Å². The van der Waals surface area contributed by atoms with Gasteiger partial charge in [-0.25, -0.2) is 0 Å². The van der Waals surface area contributed by atoms with Crippen LogP contribution in [0.4, 0.5) is 0 Å². The van der Waals surface area contributed by atoms with Crippen molar-refractivity contribution in [2.45, 2.75) is 99.4 Å². The Bertz CT molecular complexity index is 838. The molecule has 0 saturated heterocycles. The number of fused-ring (bicyclic) bond motifs is 1. The van der Waals surface area contributed by atoms with Gasteiger partial charge in [0.15, 0.2) is 6.10 Å². The predicted octanol–water partition coefficient (Wildman–Crippen LogP) is 4.27. The Labute approximate surface area is 197 Å². The molecule has 2 aliphatic rings. The zero-order chi connectivity index (χ0) is 25.1. The number of hydrogen-bond donors (Lipinski definition) is 1. The summed E-state index contributed by atoms with van der Waals surface area (Å²) in [6.07, 6.45) is 2.87. The van der Waals surface area contributed by atoms with Crippen molar-refractivity contribution in [2.75, 3.05) is 6.61 Å². The molecule has 7 nitrogen and oxygen atoms in total. The van der Waals surface area contributed by atoms with Gasteiger partial charge in [0.25, 0.3) is 0 Å². The number of ether oxygens (including phenoxy) is 3. The van der Waals surface area contributed by atoms with E-state index in [4.69, 9.17) is 14.2 Å². The Morgan fingerprint density at radius 2 is 1.55 bits per heavy atom. The van der Waals surface area contributed by atoms with Crippen LogP contribution in [0.15, 0.2) is 22.8 Å². The summed E-state index contributed by atoms with van der Waals surface area (Å²) in [4.78, 5) is 36.0. The van der Waals surface area contributed by atoms with E-state index < -0.39 is 29.6 Å². The van der Waals surface area contributed by atoms with Crippen LogP contribution in [-0.2, 0) is 28.6 Å². The van der Waals surface area contributed by atoms with E-state index in [-0.39, 0.29) is 30.0 Å². The zero-order valence-corrected chi connectivity index (χ0v) is 21.3. The van der Waals surface area contributed by atoms with Crippen molar-refractivity contribution in [1.82, 2.24) is 0 Å². The molecule has 0 aromatic rings. The quantitative estimate of drug-likeness (QED) is 0.341. The molecule has 0 aromatic carbocycles. The summed E-state index contributed by atoms with van der Waals surface area (Å²) < 4.78 is 17.3. The number of allylic oxidation sites excluding steroid dienone is 2. The van der Waals surface area contributed by atoms with Crippen molar-refractivity contribution in [3.8, 4) is 0 Å². The summed E-state index contributed by atoms with van der Waals surface area (Å²) in [6, 6.07) is 0. The minimum absolute atomic E-state index is 0.0179. The predicted molar refractivity (Wildman–Crippen MR) is 124 cm³/mol. The minimum Gasteiger partial charge on any atom is -0.463 e. The maximum Gasteiger partial charge on any atom is 0.303 e. The first-order chi connectivity index (χ1) is 15.2. The van der Waals surface area contributed by atoms with E-state index in [1.54, 1.807) is 6.08 Å². The smallest absolute Gasteiger partial charge is 0.303 e. The van der Waals surface area contributed by atoms with Crippen LogP contribution in [-0.4, -0.2) is 47.9 Å². The molecule has 0 radical (unpaired) electrons. The number of aliphatic hydroxyl groups is 1. The average molecular weight is 465 g/mol. The van der Waals surface area contributed by atoms with Gasteiger partial charge < -0.3 is 19.3 Å². The molecule has 0 unspecified atom stereocenters. The highest BCUT2D eigenvalue weighted by Gasteiger charge is 2.61. The van der Waals surface area contributed by atoms with Gasteiger partial charge >= 0.3 is 17.9 Å². The van der Waals surface area contributed by atoms with Crippen molar-refractivity contribution in [3.05, 3.63) is 22.8 Å². The Hall–Kier alpha value is -2.15. The summed E-state index contributed by atoms with van der Waals surface area (Å²) in [6.45, 7) is 14.4. The zero-order valence-electron chi connectivity index (χ0n) is 21.3. The second kappa shape index (κ2) is 10.4. The highest BCUT2D eigenvalue weighted by Crippen LogP contribution is 2.62. The van der Waals surface area contributed by atoms with Crippen LogP contribution in [0, 0.1) is 16.7 Å². The fraction of sp³-hybridized carbons (Fsp3) is 0.731. The topological polar surface area (TPSA) is 99.1 Å². The van der Waals surface area contributed by atoms with E-state index in [0.29, 0.717) is 19.3 Å². The third-order valence-electron chi connectivity index (χ3n) is 7.29. The van der Waals surface area contributed by atoms with Crippen LogP contribution in [0.2, 0.25) is 0 Å². The fourth-order valence-electron chi connectivity index (χ4n) is 6.45. The molecule has 0 amide bonds. The van der Waals surface area contributed by atoms with Crippen LogP contribution in [0.3, 0.4) is 0 Å². The van der Waals surface area contributed by atoms with Crippen LogP contribution in [0.1, 0.15) is 81.1 Å². The Kier molecular flexibility index (Phi) is 8.55. The van der Waals surface area contributed by atoms with Gasteiger partial charge in [0.05, 0.1) is 6.61 Å². The van der Waals surface area contributed by atoms with Crippen LogP contribution < -0.4 is 0 Å². The van der Waals surface area contributed by atoms with Gasteiger partial charge in [-0.2, -0.15) is 0 Å². The number of hydrogen-bond acceptors (Lipinski definition) is 7. The summed E-state index contributed by atoms with van der Waals surface area (Å²) in [5, 5.41) is 9.27. The molecule has 0 aliphatic heterocycles. The molecule has 0 bridgehead atoms. The lowest BCUT2D eigenvalue weighted by molar-refractivity contribution is -0.194. The lowest BCUT2D eigenvalue weighted by Crippen LogP contribution is -2.61. The van der Waals surface area contributed by atoms with Crippen LogP contribution >= 0.6 is 0 Å². The molecule has 0 spiro atoms. The van der Waals surface area contributed by atoms with Crippen molar-refractivity contribution in [2.24, 2.45) is 16.7 Å². The fourth-order valence-corrected chi connectivity index (χ4v) is 6.45. The summed E-state index contributed by atoms with van der Waals surface area (Å²) in [5.74, 6) is -1.31. The van der Waals surface area contributed by atoms with E-state index in [0.717, 1.165) is 23.1 Å². The van der Waals surface area contributed by atoms with E-state index in [9.17, 15) is 19.5 Å². The maximum absolute atomic E-state index is 12.1. The third kappa shape index (κ3) is 6.05. The first kappa shape index (κ1) is 27.1. The second-order valence-corrected chi connectivity index (χ2v) is 10.5. The molecule has 2 rings (SSSR count). The molecule has 0 heterocycles. The second-order valence-electron chi connectivity index (χ2n) is 10.5. The number of aliphatic hydroxyl groups excluding tert-OH is 1. The monoisotopic (exact) mass is 464 g/mol. The van der Waals surface area contributed by atoms with Crippen LogP contribution in [0.5, 0.6) is 0 Å². The Morgan fingerprint density at radius 3 is 2.06 bits per heavy atom. The molecule has 2 aliphatic carbocycles. The van der Waals surface area contributed by atoms with Gasteiger partial charge in [-0.15, -0.1) is 0 Å². The standard InChI is InChI=1S/C26H40O7/c1-15(11-12-27)9-10-21-16(2)22(32-18(4)29)23(33-19(5)30)24-25(6,7)13-20(31-17(3)28)14-26(21,24)8/h11,20,22-24,27H,9-10,12-14H2,1-8H3/b15-11+/t20-,22-,23+,24-,26+/m0/s1. The van der Waals surface area contributed by atoms with Gasteiger partial charge in [0.1, 0.15) is 12.2 Å². The molecule has 1 N–H and O–H groups in total. The molecule has 186 valence electrons. The third-order valence-corrected chi connectivity index (χ3v) is 7.29. The number of carbonyl (C=O) groups is 3. The molecule has 5 atom stereocenters. The highest BCUT2D eigenvalue weighted by molar-refractivity contribution is 5.68. The van der Waals surface area contributed by atoms with Gasteiger partial charge in [0.2, 0.25) is 0 Å². The van der Waals surface area contributed by atoms with Crippen LogP contribution in [0.25, 0.3) is 0 Å². The SMILES string of the molecule is CC(=O)O[C@H]1CC(C)(C)[C@@H]2[C@H](OC(C)=O)[C@@H](OC(C)=O)C(C)=C(CC/C(C)=C/CO)[C@@]2(C)C1. The first-order valence-electron chi connectivity index (χ1n) is 11.7.